The molecule has 3 rings (SSSR count). The lowest BCUT2D eigenvalue weighted by Gasteiger charge is -2.18. The van der Waals surface area contributed by atoms with Gasteiger partial charge in [0.25, 0.3) is 5.91 Å². The monoisotopic (exact) mass is 354 g/mol. The first-order valence-electron chi connectivity index (χ1n) is 8.32. The van der Waals surface area contributed by atoms with Gasteiger partial charge in [0.2, 0.25) is 0 Å². The zero-order chi connectivity index (χ0) is 18.0. The molecule has 2 aromatic carbocycles. The van der Waals surface area contributed by atoms with Crippen LogP contribution in [0.15, 0.2) is 42.5 Å². The molecule has 0 atom stereocenters. The Morgan fingerprint density at radius 1 is 1.16 bits per heavy atom. The van der Waals surface area contributed by atoms with E-state index in [4.69, 9.17) is 4.74 Å². The van der Waals surface area contributed by atoms with Crippen molar-refractivity contribution in [2.45, 2.75) is 33.1 Å². The van der Waals surface area contributed by atoms with E-state index in [1.807, 2.05) is 49.4 Å². The summed E-state index contributed by atoms with van der Waals surface area (Å²) in [6, 6.07) is 13.5. The van der Waals surface area contributed by atoms with Gasteiger partial charge in [-0.2, -0.15) is 0 Å². The van der Waals surface area contributed by atoms with Crippen LogP contribution in [0.25, 0.3) is 10.2 Å². The number of carbonyl (C=O) groups is 1. The van der Waals surface area contributed by atoms with E-state index in [0.717, 1.165) is 16.0 Å². The number of ether oxygens (including phenoxy) is 1. The highest BCUT2D eigenvalue weighted by Crippen LogP contribution is 2.29. The molecule has 3 aromatic rings. The minimum Gasteiger partial charge on any atom is -0.494 e. The van der Waals surface area contributed by atoms with Gasteiger partial charge in [-0.25, -0.2) is 4.98 Å². The fraction of sp³-hybridized carbons (Fsp3) is 0.300. The third kappa shape index (κ3) is 3.99. The summed E-state index contributed by atoms with van der Waals surface area (Å²) in [5.74, 6) is 0.666. The molecule has 130 valence electrons. The highest BCUT2D eigenvalue weighted by molar-refractivity contribution is 7.22. The predicted molar refractivity (Wildman–Crippen MR) is 104 cm³/mol. The number of nitrogens with one attached hydrogen (secondary N) is 1. The number of thiazole rings is 1. The Hall–Kier alpha value is -2.40. The average molecular weight is 354 g/mol. The van der Waals surface area contributed by atoms with E-state index in [0.29, 0.717) is 17.3 Å². The van der Waals surface area contributed by atoms with E-state index in [2.05, 4.69) is 31.1 Å². The Labute approximate surface area is 151 Å². The minimum atomic E-state index is -0.149. The van der Waals surface area contributed by atoms with Gasteiger partial charge in [-0.15, -0.1) is 0 Å². The topological polar surface area (TPSA) is 51.2 Å². The molecule has 0 radical (unpaired) electrons. The molecule has 0 fully saturated rings. The number of nitrogens with zero attached hydrogens (tertiary/aromatic N) is 1. The largest absolute Gasteiger partial charge is 0.494 e. The van der Waals surface area contributed by atoms with Crippen LogP contribution in [0.1, 0.15) is 43.6 Å². The second-order valence-corrected chi connectivity index (χ2v) is 7.89. The van der Waals surface area contributed by atoms with Crippen molar-refractivity contribution in [3.63, 3.8) is 0 Å². The molecule has 0 unspecified atom stereocenters. The van der Waals surface area contributed by atoms with Gasteiger partial charge in [0.05, 0.1) is 16.8 Å². The Kier molecular flexibility index (Phi) is 4.77. The van der Waals surface area contributed by atoms with Crippen LogP contribution in [0.2, 0.25) is 0 Å². The molecule has 4 nitrogen and oxygen atoms in total. The first-order chi connectivity index (χ1) is 11.9. The number of benzene rings is 2. The third-order valence-corrected chi connectivity index (χ3v) is 4.84. The highest BCUT2D eigenvalue weighted by atomic mass is 32.1. The summed E-state index contributed by atoms with van der Waals surface area (Å²) in [6.07, 6.45) is 0. The van der Waals surface area contributed by atoms with Gasteiger partial charge in [0.1, 0.15) is 5.75 Å². The van der Waals surface area contributed by atoms with Gasteiger partial charge in [0.15, 0.2) is 5.13 Å². The molecule has 1 amide bonds. The first kappa shape index (κ1) is 17.4. The second-order valence-electron chi connectivity index (χ2n) is 6.86. The molecule has 25 heavy (non-hydrogen) atoms. The van der Waals surface area contributed by atoms with Crippen molar-refractivity contribution in [1.29, 1.82) is 0 Å². The molecular weight excluding hydrogens is 332 g/mol. The lowest BCUT2D eigenvalue weighted by atomic mass is 9.87. The normalized spacial score (nSPS) is 11.5. The fourth-order valence-electron chi connectivity index (χ4n) is 2.51. The molecule has 1 N–H and O–H groups in total. The zero-order valence-electron chi connectivity index (χ0n) is 14.9. The van der Waals surface area contributed by atoms with Crippen molar-refractivity contribution in [3.8, 4) is 5.75 Å². The summed E-state index contributed by atoms with van der Waals surface area (Å²) in [5, 5.41) is 3.48. The summed E-state index contributed by atoms with van der Waals surface area (Å²) in [7, 11) is 0. The van der Waals surface area contributed by atoms with E-state index in [9.17, 15) is 4.79 Å². The number of hydrogen-bond donors (Lipinski definition) is 1. The van der Waals surface area contributed by atoms with E-state index in [1.54, 1.807) is 0 Å². The van der Waals surface area contributed by atoms with E-state index in [1.165, 1.54) is 16.9 Å². The molecule has 5 heteroatoms. The predicted octanol–water partition coefficient (Wildman–Crippen LogP) is 5.24. The lowest BCUT2D eigenvalue weighted by molar-refractivity contribution is 0.102. The van der Waals surface area contributed by atoms with Crippen LogP contribution in [0.5, 0.6) is 5.75 Å². The van der Waals surface area contributed by atoms with Gasteiger partial charge in [-0.05, 0) is 48.2 Å². The third-order valence-electron chi connectivity index (χ3n) is 3.90. The molecule has 0 bridgehead atoms. The van der Waals surface area contributed by atoms with Crippen LogP contribution in [0, 0.1) is 0 Å². The first-order valence-corrected chi connectivity index (χ1v) is 9.14. The van der Waals surface area contributed by atoms with Crippen LogP contribution in [0.3, 0.4) is 0 Å². The van der Waals surface area contributed by atoms with Crippen LogP contribution < -0.4 is 10.1 Å². The van der Waals surface area contributed by atoms with Gasteiger partial charge in [0, 0.05) is 5.56 Å². The molecule has 0 aliphatic rings. The van der Waals surface area contributed by atoms with Crippen molar-refractivity contribution < 1.29 is 9.53 Å². The van der Waals surface area contributed by atoms with Crippen LogP contribution in [-0.2, 0) is 5.41 Å². The van der Waals surface area contributed by atoms with Gasteiger partial charge < -0.3 is 4.74 Å². The van der Waals surface area contributed by atoms with Crippen LogP contribution >= 0.6 is 11.3 Å². The number of hydrogen-bond acceptors (Lipinski definition) is 4. The number of carbonyl (C=O) groups excluding carboxylic acids is 1. The highest BCUT2D eigenvalue weighted by Gasteiger charge is 2.15. The fourth-order valence-corrected chi connectivity index (χ4v) is 3.40. The number of aromatic nitrogens is 1. The van der Waals surface area contributed by atoms with Gasteiger partial charge >= 0.3 is 0 Å². The second kappa shape index (κ2) is 6.84. The quantitative estimate of drug-likeness (QED) is 0.696. The standard InChI is InChI=1S/C20H22N2O2S/c1-5-24-15-10-11-16-17(12-15)25-19(21-16)22-18(23)13-6-8-14(9-7-13)20(2,3)4/h6-12H,5H2,1-4H3,(H,21,22,23). The smallest absolute Gasteiger partial charge is 0.257 e. The Balaban J connectivity index is 1.77. The summed E-state index contributed by atoms with van der Waals surface area (Å²) >= 11 is 1.44. The molecule has 0 saturated carbocycles. The molecule has 0 aliphatic heterocycles. The summed E-state index contributed by atoms with van der Waals surface area (Å²) in [5.41, 5.74) is 2.75. The van der Waals surface area contributed by atoms with E-state index >= 15 is 0 Å². The maximum absolute atomic E-state index is 12.5. The van der Waals surface area contributed by atoms with Crippen molar-refractivity contribution in [2.24, 2.45) is 0 Å². The Morgan fingerprint density at radius 3 is 2.52 bits per heavy atom. The van der Waals surface area contributed by atoms with Crippen molar-refractivity contribution in [2.75, 3.05) is 11.9 Å². The van der Waals surface area contributed by atoms with E-state index < -0.39 is 0 Å². The Bertz CT molecular complexity index is 892. The summed E-state index contributed by atoms with van der Waals surface area (Å²) < 4.78 is 6.49. The van der Waals surface area contributed by atoms with Gasteiger partial charge in [-0.1, -0.05) is 44.2 Å². The molecule has 1 aromatic heterocycles. The van der Waals surface area contributed by atoms with E-state index in [-0.39, 0.29) is 11.3 Å². The van der Waals surface area contributed by atoms with Crippen molar-refractivity contribution in [3.05, 3.63) is 53.6 Å². The van der Waals surface area contributed by atoms with Crippen LogP contribution in [0.4, 0.5) is 5.13 Å². The molecular formula is C20H22N2O2S. The number of anilines is 1. The SMILES string of the molecule is CCOc1ccc2nc(NC(=O)c3ccc(C(C)(C)C)cc3)sc2c1. The number of fused-ring (bicyclic) bond motifs is 1. The summed E-state index contributed by atoms with van der Waals surface area (Å²) in [6.45, 7) is 9.03. The van der Waals surface area contributed by atoms with Gasteiger partial charge in [-0.3, -0.25) is 10.1 Å². The van der Waals surface area contributed by atoms with Crippen molar-refractivity contribution in [1.82, 2.24) is 4.98 Å². The Morgan fingerprint density at radius 2 is 1.88 bits per heavy atom. The van der Waals surface area contributed by atoms with Crippen LogP contribution in [-0.4, -0.2) is 17.5 Å². The molecule has 1 heterocycles. The maximum Gasteiger partial charge on any atom is 0.257 e. The molecule has 0 spiro atoms. The zero-order valence-corrected chi connectivity index (χ0v) is 15.7. The molecule has 0 aliphatic carbocycles. The maximum atomic E-state index is 12.5. The number of rotatable bonds is 4. The summed E-state index contributed by atoms with van der Waals surface area (Å²) in [4.78, 5) is 16.9. The molecule has 0 saturated heterocycles. The number of amides is 1. The van der Waals surface area contributed by atoms with Crippen molar-refractivity contribution >= 4 is 32.6 Å². The minimum absolute atomic E-state index is 0.0697. The average Bonchev–Trinajstić information content (AvgIpc) is 2.96. The lowest BCUT2D eigenvalue weighted by Crippen LogP contribution is -2.14.